The molecule has 2 atom stereocenters. The molecule has 2 unspecified atom stereocenters. The fourth-order valence-electron chi connectivity index (χ4n) is 5.57. The number of rotatable bonds is 7. The van der Waals surface area contributed by atoms with E-state index in [0.29, 0.717) is 49.5 Å². The Morgan fingerprint density at radius 1 is 1.21 bits per heavy atom. The van der Waals surface area contributed by atoms with Crippen molar-refractivity contribution in [3.8, 4) is 5.75 Å². The molecular weight excluding hydrogens is 483 g/mol. The SMILES string of the molecule is COc1cccc(F)c1CN1CCC(O)C(CC(=O)c2ccc3c(c2)C(c2ccc4nccn4c2)=NC3)C1. The third kappa shape index (κ3) is 4.61. The number of carbonyl (C=O) groups excluding carboxylic acids is 1. The highest BCUT2D eigenvalue weighted by atomic mass is 19.1. The molecule has 0 saturated carbocycles. The van der Waals surface area contributed by atoms with Crippen LogP contribution >= 0.6 is 0 Å². The van der Waals surface area contributed by atoms with Gasteiger partial charge in [-0.2, -0.15) is 0 Å². The number of imidazole rings is 1. The van der Waals surface area contributed by atoms with Crippen LogP contribution in [0.25, 0.3) is 5.65 Å². The van der Waals surface area contributed by atoms with Crippen molar-refractivity contribution in [2.75, 3.05) is 20.2 Å². The lowest BCUT2D eigenvalue weighted by Crippen LogP contribution is -2.43. The van der Waals surface area contributed by atoms with Crippen LogP contribution in [0, 0.1) is 11.7 Å². The third-order valence-electron chi connectivity index (χ3n) is 7.66. The van der Waals surface area contributed by atoms with Gasteiger partial charge < -0.3 is 14.2 Å². The molecule has 2 aromatic carbocycles. The van der Waals surface area contributed by atoms with Crippen LogP contribution < -0.4 is 4.74 Å². The predicted molar refractivity (Wildman–Crippen MR) is 142 cm³/mol. The summed E-state index contributed by atoms with van der Waals surface area (Å²) in [6, 6.07) is 14.5. The van der Waals surface area contributed by atoms with Gasteiger partial charge in [-0.25, -0.2) is 9.37 Å². The summed E-state index contributed by atoms with van der Waals surface area (Å²) in [5.74, 6) is -0.0602. The van der Waals surface area contributed by atoms with Gasteiger partial charge in [0.1, 0.15) is 17.2 Å². The lowest BCUT2D eigenvalue weighted by molar-refractivity contribution is 0.0197. The van der Waals surface area contributed by atoms with Gasteiger partial charge in [0.15, 0.2) is 5.78 Å². The number of ketones is 1. The topological polar surface area (TPSA) is 79.4 Å². The van der Waals surface area contributed by atoms with Crippen molar-refractivity contribution < 1.29 is 19.0 Å². The van der Waals surface area contributed by atoms with Crippen LogP contribution in [0.3, 0.4) is 0 Å². The average Bonchev–Trinajstić information content (AvgIpc) is 3.57. The normalized spacial score (nSPS) is 19.4. The molecule has 0 bridgehead atoms. The van der Waals surface area contributed by atoms with Gasteiger partial charge in [-0.15, -0.1) is 0 Å². The molecule has 1 N–H and O–H groups in total. The standard InChI is InChI=1S/C30H29FN4O3/c1-38-28-4-2-3-25(31)24(28)18-34-11-9-26(36)22(16-34)14-27(37)19-5-6-20-15-33-30(23(20)13-19)21-7-8-29-32-10-12-35(29)17-21/h2-8,10,12-13,17,22,26,36H,9,11,14-16,18H2,1H3. The van der Waals surface area contributed by atoms with Gasteiger partial charge in [0.25, 0.3) is 0 Å². The van der Waals surface area contributed by atoms with Crippen molar-refractivity contribution in [2.24, 2.45) is 10.9 Å². The van der Waals surface area contributed by atoms with Crippen molar-refractivity contribution in [3.05, 3.63) is 101 Å². The van der Waals surface area contributed by atoms with Gasteiger partial charge in [0, 0.05) is 72.8 Å². The number of halogens is 1. The molecule has 194 valence electrons. The quantitative estimate of drug-likeness (QED) is 0.374. The highest BCUT2D eigenvalue weighted by molar-refractivity contribution is 6.16. The molecule has 0 radical (unpaired) electrons. The van der Waals surface area contributed by atoms with Gasteiger partial charge in [0.2, 0.25) is 0 Å². The first-order valence-corrected chi connectivity index (χ1v) is 12.9. The van der Waals surface area contributed by atoms with Crippen molar-refractivity contribution >= 4 is 17.1 Å². The number of hydrogen-bond donors (Lipinski definition) is 1. The van der Waals surface area contributed by atoms with Gasteiger partial charge in [-0.1, -0.05) is 18.2 Å². The Morgan fingerprint density at radius 2 is 2.11 bits per heavy atom. The zero-order chi connectivity index (χ0) is 26.2. The number of benzene rings is 2. The van der Waals surface area contributed by atoms with Crippen LogP contribution in [-0.2, 0) is 13.1 Å². The molecule has 38 heavy (non-hydrogen) atoms. The number of fused-ring (bicyclic) bond motifs is 2. The van der Waals surface area contributed by atoms with E-state index < -0.39 is 6.10 Å². The van der Waals surface area contributed by atoms with Crippen molar-refractivity contribution in [1.29, 1.82) is 0 Å². The minimum Gasteiger partial charge on any atom is -0.496 e. The number of aliphatic hydroxyl groups is 1. The van der Waals surface area contributed by atoms with Gasteiger partial charge in [-0.3, -0.25) is 14.7 Å². The summed E-state index contributed by atoms with van der Waals surface area (Å²) in [4.78, 5) is 24.5. The molecule has 4 aromatic rings. The lowest BCUT2D eigenvalue weighted by atomic mass is 9.87. The Labute approximate surface area is 220 Å². The zero-order valence-corrected chi connectivity index (χ0v) is 21.2. The van der Waals surface area contributed by atoms with Crippen LogP contribution in [-0.4, -0.2) is 57.2 Å². The number of methoxy groups -OCH3 is 1. The van der Waals surface area contributed by atoms with E-state index in [0.717, 1.165) is 28.0 Å². The zero-order valence-electron chi connectivity index (χ0n) is 21.2. The Bertz CT molecular complexity index is 1550. The molecular formula is C30H29FN4O3. The molecule has 0 aliphatic carbocycles. The molecule has 2 aromatic heterocycles. The summed E-state index contributed by atoms with van der Waals surface area (Å²) in [6.07, 6.45) is 5.84. The van der Waals surface area contributed by atoms with Crippen molar-refractivity contribution in [1.82, 2.24) is 14.3 Å². The number of aliphatic hydroxyl groups excluding tert-OH is 1. The van der Waals surface area contributed by atoms with Crippen molar-refractivity contribution in [2.45, 2.75) is 32.0 Å². The highest BCUT2D eigenvalue weighted by Gasteiger charge is 2.31. The second-order valence-corrected chi connectivity index (χ2v) is 10.0. The Hall–Kier alpha value is -3.88. The molecule has 2 aliphatic heterocycles. The number of Topliss-reactive ketones (excluding diaryl/α,β-unsaturated/α-hetero) is 1. The van der Waals surface area contributed by atoms with E-state index in [1.54, 1.807) is 18.3 Å². The summed E-state index contributed by atoms with van der Waals surface area (Å²) < 4.78 is 21.8. The fourth-order valence-corrected chi connectivity index (χ4v) is 5.57. The molecule has 7 nitrogen and oxygen atoms in total. The molecule has 6 rings (SSSR count). The maximum absolute atomic E-state index is 14.5. The number of piperidine rings is 1. The predicted octanol–water partition coefficient (Wildman–Crippen LogP) is 4.29. The summed E-state index contributed by atoms with van der Waals surface area (Å²) in [5, 5.41) is 10.7. The Morgan fingerprint density at radius 3 is 2.97 bits per heavy atom. The third-order valence-corrected chi connectivity index (χ3v) is 7.66. The van der Waals surface area contributed by atoms with E-state index in [-0.39, 0.29) is 23.9 Å². The van der Waals surface area contributed by atoms with Gasteiger partial charge >= 0.3 is 0 Å². The number of hydrogen-bond acceptors (Lipinski definition) is 6. The first-order valence-electron chi connectivity index (χ1n) is 12.9. The largest absolute Gasteiger partial charge is 0.496 e. The summed E-state index contributed by atoms with van der Waals surface area (Å²) in [7, 11) is 1.53. The second-order valence-electron chi connectivity index (χ2n) is 10.0. The van der Waals surface area contributed by atoms with E-state index in [2.05, 4.69) is 9.88 Å². The number of carbonyl (C=O) groups is 1. The number of nitrogens with zero attached hydrogens (tertiary/aromatic N) is 4. The van der Waals surface area contributed by atoms with E-state index in [1.165, 1.54) is 13.2 Å². The number of likely N-dealkylation sites (tertiary alicyclic amines) is 1. The monoisotopic (exact) mass is 512 g/mol. The maximum atomic E-state index is 14.5. The fraction of sp³-hybridized carbons (Fsp3) is 0.300. The average molecular weight is 513 g/mol. The minimum atomic E-state index is -0.578. The molecule has 4 heterocycles. The minimum absolute atomic E-state index is 0.0153. The van der Waals surface area contributed by atoms with Crippen LogP contribution in [0.15, 0.2) is 72.1 Å². The van der Waals surface area contributed by atoms with Crippen LogP contribution in [0.4, 0.5) is 4.39 Å². The number of aromatic nitrogens is 2. The summed E-state index contributed by atoms with van der Waals surface area (Å²) in [5.41, 5.74) is 5.87. The lowest BCUT2D eigenvalue weighted by Gasteiger charge is -2.36. The van der Waals surface area contributed by atoms with Crippen LogP contribution in [0.1, 0.15) is 45.5 Å². The Kier molecular flexibility index (Phi) is 6.51. The maximum Gasteiger partial charge on any atom is 0.163 e. The smallest absolute Gasteiger partial charge is 0.163 e. The van der Waals surface area contributed by atoms with Crippen LogP contribution in [0.5, 0.6) is 5.75 Å². The molecule has 0 spiro atoms. The molecule has 0 amide bonds. The number of ether oxygens (including phenoxy) is 1. The summed E-state index contributed by atoms with van der Waals surface area (Å²) >= 11 is 0. The second kappa shape index (κ2) is 10.1. The van der Waals surface area contributed by atoms with Gasteiger partial charge in [0.05, 0.1) is 25.5 Å². The molecule has 1 saturated heterocycles. The van der Waals surface area contributed by atoms with Crippen molar-refractivity contribution in [3.63, 3.8) is 0 Å². The summed E-state index contributed by atoms with van der Waals surface area (Å²) in [6.45, 7) is 2.08. The van der Waals surface area contributed by atoms with E-state index in [9.17, 15) is 14.3 Å². The number of pyridine rings is 1. The van der Waals surface area contributed by atoms with Crippen LogP contribution in [0.2, 0.25) is 0 Å². The first kappa shape index (κ1) is 24.5. The van der Waals surface area contributed by atoms with E-state index >= 15 is 0 Å². The van der Waals surface area contributed by atoms with E-state index in [4.69, 9.17) is 9.73 Å². The molecule has 8 heteroatoms. The first-order chi connectivity index (χ1) is 18.5. The Balaban J connectivity index is 1.18. The number of aliphatic imine (C=N–C) groups is 1. The molecule has 1 fully saturated rings. The highest BCUT2D eigenvalue weighted by Crippen LogP contribution is 2.29. The van der Waals surface area contributed by atoms with Gasteiger partial charge in [-0.05, 0) is 42.3 Å². The molecule has 2 aliphatic rings. The van der Waals surface area contributed by atoms with E-state index in [1.807, 2.05) is 47.1 Å².